The molecule has 216 valence electrons. The Bertz CT molecular complexity index is 1910. The second-order valence-corrected chi connectivity index (χ2v) is 11.0. The Kier molecular flexibility index (Phi) is 8.24. The van der Waals surface area contributed by atoms with E-state index in [9.17, 15) is 45.7 Å². The Morgan fingerprint density at radius 1 is 0.714 bits per heavy atom. The second kappa shape index (κ2) is 11.7. The molecule has 0 unspecified atom stereocenters. The van der Waals surface area contributed by atoms with Gasteiger partial charge in [-0.15, -0.1) is 0 Å². The molecule has 4 rings (SSSR count). The van der Waals surface area contributed by atoms with Crippen LogP contribution >= 0.6 is 0 Å². The number of fused-ring (bicyclic) bond motifs is 2. The van der Waals surface area contributed by atoms with Crippen molar-refractivity contribution in [3.8, 4) is 11.5 Å². The zero-order chi connectivity index (χ0) is 30.7. The van der Waals surface area contributed by atoms with Gasteiger partial charge < -0.3 is 10.2 Å². The number of phenolic OH excluding ortho intramolecular Hbond substituents is 2. The summed E-state index contributed by atoms with van der Waals surface area (Å²) in [7, 11) is -9.39. The lowest BCUT2D eigenvalue weighted by Crippen LogP contribution is -2.18. The summed E-state index contributed by atoms with van der Waals surface area (Å²) in [5.41, 5.74) is 3.34. The highest BCUT2D eigenvalue weighted by atomic mass is 32.2. The Balaban J connectivity index is 1.43. The number of benzene rings is 2. The minimum atomic E-state index is -4.70. The smallest absolute Gasteiger partial charge is 0.295 e. The number of hydrogen-bond donors (Lipinski definition) is 6. The Morgan fingerprint density at radius 3 is 1.45 bits per heavy atom. The Hall–Kier alpha value is -5.30. The van der Waals surface area contributed by atoms with Crippen molar-refractivity contribution in [3.63, 3.8) is 0 Å². The summed E-state index contributed by atoms with van der Waals surface area (Å²) in [6, 6.07) is 7.31. The number of hydrazone groups is 2. The van der Waals surface area contributed by atoms with E-state index < -0.39 is 53.3 Å². The number of nitrogens with zero attached hydrogens (tertiary/aromatic N) is 4. The van der Waals surface area contributed by atoms with Crippen LogP contribution in [0.2, 0.25) is 0 Å². The fraction of sp³-hybridized carbons (Fsp3) is 0. The van der Waals surface area contributed by atoms with Crippen LogP contribution in [0.25, 0.3) is 21.8 Å². The zero-order valence-corrected chi connectivity index (χ0v) is 22.4. The van der Waals surface area contributed by atoms with E-state index in [0.717, 1.165) is 36.7 Å². The molecule has 2 aromatic heterocycles. The highest BCUT2D eigenvalue weighted by Gasteiger charge is 2.20. The number of hydrogen-bond acceptors (Lipinski definition) is 12. The molecule has 2 amide bonds. The summed E-state index contributed by atoms with van der Waals surface area (Å²) >= 11 is 0. The minimum Gasteiger partial charge on any atom is -0.505 e. The van der Waals surface area contributed by atoms with Gasteiger partial charge in [0.15, 0.2) is 11.5 Å². The van der Waals surface area contributed by atoms with Crippen LogP contribution in [0.5, 0.6) is 11.5 Å². The standard InChI is InChI=1S/C24H18N6O10S2/c31-19(29-27-11-13-9-17(41(35,36)37)15-3-1-7-25-21(15)23(13)33)5-6-20(32)30-28-12-14-10-18(42(38,39)40)16-4-2-8-26-22(16)24(14)34/h1-12,33-34H,(H,29,31)(H,30,32)(H,35,36,37)(H,38,39,40)/b6-5?,27-11+,28-12+. The third-order valence-electron chi connectivity index (χ3n) is 5.41. The van der Waals surface area contributed by atoms with Crippen molar-refractivity contribution in [3.05, 3.63) is 72.1 Å². The molecule has 42 heavy (non-hydrogen) atoms. The van der Waals surface area contributed by atoms with Gasteiger partial charge in [0.25, 0.3) is 32.1 Å². The molecule has 2 aromatic carbocycles. The fourth-order valence-corrected chi connectivity index (χ4v) is 5.05. The maximum absolute atomic E-state index is 12.0. The molecule has 0 aliphatic carbocycles. The van der Waals surface area contributed by atoms with Gasteiger partial charge in [0.2, 0.25) is 0 Å². The average Bonchev–Trinajstić information content (AvgIpc) is 2.93. The molecule has 6 N–H and O–H groups in total. The van der Waals surface area contributed by atoms with E-state index in [2.05, 4.69) is 20.2 Å². The molecule has 0 spiro atoms. The Morgan fingerprint density at radius 2 is 1.10 bits per heavy atom. The van der Waals surface area contributed by atoms with E-state index in [-0.39, 0.29) is 32.9 Å². The molecule has 0 radical (unpaired) electrons. The maximum atomic E-state index is 12.0. The highest BCUT2D eigenvalue weighted by Crippen LogP contribution is 2.32. The first kappa shape index (κ1) is 29.7. The van der Waals surface area contributed by atoms with Crippen molar-refractivity contribution in [2.75, 3.05) is 0 Å². The molecule has 16 nitrogen and oxygen atoms in total. The molecular weight excluding hydrogens is 596 g/mol. The molecule has 0 fully saturated rings. The number of aromatic nitrogens is 2. The van der Waals surface area contributed by atoms with Gasteiger partial charge in [0, 0.05) is 46.4 Å². The maximum Gasteiger partial charge on any atom is 0.295 e. The first-order valence-electron chi connectivity index (χ1n) is 11.3. The van der Waals surface area contributed by atoms with Gasteiger partial charge in [-0.1, -0.05) is 0 Å². The predicted octanol–water partition coefficient (Wildman–Crippen LogP) is 0.844. The fourth-order valence-electron chi connectivity index (χ4n) is 3.61. The monoisotopic (exact) mass is 614 g/mol. The third kappa shape index (κ3) is 6.53. The summed E-state index contributed by atoms with van der Waals surface area (Å²) in [4.78, 5) is 30.7. The van der Waals surface area contributed by atoms with E-state index in [4.69, 9.17) is 0 Å². The number of carbonyl (C=O) groups is 2. The third-order valence-corrected chi connectivity index (χ3v) is 7.20. The largest absolute Gasteiger partial charge is 0.505 e. The number of nitrogens with one attached hydrogen (secondary N) is 2. The number of pyridine rings is 2. The lowest BCUT2D eigenvalue weighted by molar-refractivity contribution is -0.118. The number of phenols is 2. The molecule has 0 saturated carbocycles. The van der Waals surface area contributed by atoms with Gasteiger partial charge in [0.1, 0.15) is 20.8 Å². The van der Waals surface area contributed by atoms with E-state index in [1.807, 2.05) is 10.9 Å². The average molecular weight is 615 g/mol. The van der Waals surface area contributed by atoms with Crippen LogP contribution in [0.1, 0.15) is 11.1 Å². The van der Waals surface area contributed by atoms with Crippen LogP contribution in [-0.4, -0.2) is 70.4 Å². The van der Waals surface area contributed by atoms with E-state index in [0.29, 0.717) is 0 Å². The van der Waals surface area contributed by atoms with E-state index >= 15 is 0 Å². The van der Waals surface area contributed by atoms with Crippen LogP contribution in [0.3, 0.4) is 0 Å². The number of amides is 2. The summed E-state index contributed by atoms with van der Waals surface area (Å²) < 4.78 is 66.0. The molecule has 18 heteroatoms. The van der Waals surface area contributed by atoms with Crippen LogP contribution in [0.15, 0.2) is 80.9 Å². The first-order valence-corrected chi connectivity index (χ1v) is 14.2. The molecule has 0 aliphatic rings. The van der Waals surface area contributed by atoms with Crippen molar-refractivity contribution in [2.24, 2.45) is 10.2 Å². The molecule has 0 saturated heterocycles. The normalized spacial score (nSPS) is 12.5. The lowest BCUT2D eigenvalue weighted by Gasteiger charge is -2.08. The van der Waals surface area contributed by atoms with Gasteiger partial charge in [-0.3, -0.25) is 28.7 Å². The number of carbonyl (C=O) groups excluding carboxylic acids is 2. The van der Waals surface area contributed by atoms with Gasteiger partial charge in [0.05, 0.1) is 12.4 Å². The molecule has 4 aromatic rings. The molecule has 0 aliphatic heterocycles. The highest BCUT2D eigenvalue weighted by molar-refractivity contribution is 7.86. The summed E-state index contributed by atoms with van der Waals surface area (Å²) in [5.74, 6) is -2.79. The van der Waals surface area contributed by atoms with E-state index in [1.165, 1.54) is 36.7 Å². The van der Waals surface area contributed by atoms with Crippen molar-refractivity contribution < 1.29 is 45.7 Å². The van der Waals surface area contributed by atoms with Crippen LogP contribution in [-0.2, 0) is 29.8 Å². The minimum absolute atomic E-state index is 0.0401. The molecule has 0 atom stereocenters. The molecular formula is C24H18N6O10S2. The van der Waals surface area contributed by atoms with Crippen molar-refractivity contribution in [1.29, 1.82) is 0 Å². The number of rotatable bonds is 8. The lowest BCUT2D eigenvalue weighted by atomic mass is 10.1. The summed E-state index contributed by atoms with van der Waals surface area (Å²) in [6.45, 7) is 0. The van der Waals surface area contributed by atoms with Gasteiger partial charge in [-0.2, -0.15) is 27.0 Å². The van der Waals surface area contributed by atoms with Gasteiger partial charge in [-0.05, 0) is 36.4 Å². The second-order valence-electron chi connectivity index (χ2n) is 8.18. The zero-order valence-electron chi connectivity index (χ0n) is 20.8. The molecule has 2 heterocycles. The number of aromatic hydroxyl groups is 2. The van der Waals surface area contributed by atoms with Crippen molar-refractivity contribution in [1.82, 2.24) is 20.8 Å². The summed E-state index contributed by atoms with van der Waals surface area (Å²) in [6.07, 6.45) is 5.86. The van der Waals surface area contributed by atoms with Crippen molar-refractivity contribution in [2.45, 2.75) is 9.79 Å². The van der Waals surface area contributed by atoms with Gasteiger partial charge >= 0.3 is 0 Å². The summed E-state index contributed by atoms with van der Waals surface area (Å²) in [5, 5.41) is 27.8. The first-order chi connectivity index (χ1) is 19.8. The van der Waals surface area contributed by atoms with Crippen LogP contribution < -0.4 is 10.9 Å². The van der Waals surface area contributed by atoms with Gasteiger partial charge in [-0.25, -0.2) is 10.9 Å². The van der Waals surface area contributed by atoms with Crippen LogP contribution in [0.4, 0.5) is 0 Å². The van der Waals surface area contributed by atoms with E-state index in [1.54, 1.807) is 0 Å². The predicted molar refractivity (Wildman–Crippen MR) is 147 cm³/mol. The topological polar surface area (TPSA) is 258 Å². The Labute approximate surface area is 236 Å². The van der Waals surface area contributed by atoms with Crippen molar-refractivity contribution >= 4 is 66.3 Å². The molecule has 0 bridgehead atoms. The van der Waals surface area contributed by atoms with Crippen LogP contribution in [0, 0.1) is 0 Å². The SMILES string of the molecule is O=C(C=CC(=O)N/N=C/c1cc(S(=O)(=O)O)c2cccnc2c1O)N/N=C/c1cc(S(=O)(=O)O)c2cccnc2c1O. The quantitative estimate of drug-likeness (QED) is 0.0698.